The molecule has 2 aliphatic heterocycles. The summed E-state index contributed by atoms with van der Waals surface area (Å²) in [7, 11) is 3.96. The zero-order chi connectivity index (χ0) is 56.0. The van der Waals surface area contributed by atoms with Gasteiger partial charge in [0.05, 0.1) is 39.7 Å². The van der Waals surface area contributed by atoms with E-state index in [9.17, 15) is 24.3 Å². The number of rotatable bonds is 18. The van der Waals surface area contributed by atoms with Gasteiger partial charge in [-0.3, -0.25) is 19.2 Å². The molecule has 0 amide bonds. The lowest BCUT2D eigenvalue weighted by molar-refractivity contribution is -0.143. The molecule has 8 aromatic rings. The van der Waals surface area contributed by atoms with Crippen LogP contribution < -0.4 is 16.4 Å². The molecule has 0 bridgehead atoms. The van der Waals surface area contributed by atoms with Gasteiger partial charge in [0.2, 0.25) is 11.9 Å². The molecule has 0 aliphatic carbocycles. The molecule has 0 radical (unpaired) electrons. The molecule has 4 aromatic carbocycles. The average Bonchev–Trinajstić information content (AvgIpc) is 4.25. The summed E-state index contributed by atoms with van der Waals surface area (Å²) in [5.74, 6) is 0.0138. The molecule has 2 unspecified atom stereocenters. The van der Waals surface area contributed by atoms with E-state index < -0.39 is 11.9 Å². The highest BCUT2D eigenvalue weighted by atomic mass is 35.5. The Morgan fingerprint density at radius 2 is 1.08 bits per heavy atom. The van der Waals surface area contributed by atoms with Gasteiger partial charge in [-0.1, -0.05) is 121 Å². The zero-order valence-electron chi connectivity index (χ0n) is 44.3. The van der Waals surface area contributed by atoms with Crippen LogP contribution in [0.1, 0.15) is 41.5 Å². The molecule has 2 saturated heterocycles. The molecule has 16 nitrogen and oxygen atoms in total. The Balaban J connectivity index is 0.000000177. The van der Waals surface area contributed by atoms with Crippen LogP contribution in [0.15, 0.2) is 147 Å². The van der Waals surface area contributed by atoms with Gasteiger partial charge < -0.3 is 41.2 Å². The second kappa shape index (κ2) is 27.1. The normalized spacial score (nSPS) is 17.4. The van der Waals surface area contributed by atoms with Crippen LogP contribution in [0.3, 0.4) is 0 Å². The summed E-state index contributed by atoms with van der Waals surface area (Å²) in [6, 6.07) is 31.6. The third-order valence-corrected chi connectivity index (χ3v) is 14.6. The number of anilines is 2. The maximum atomic E-state index is 13.2. The number of carboxylic acids is 1. The number of halogens is 2. The first-order chi connectivity index (χ1) is 38.2. The molecule has 2 aliphatic rings. The van der Waals surface area contributed by atoms with Gasteiger partial charge in [0.15, 0.2) is 11.6 Å². The van der Waals surface area contributed by atoms with Crippen LogP contribution in [0.25, 0.3) is 44.3 Å². The number of aromatic amines is 2. The molecule has 2 fully saturated rings. The number of piperidine rings is 2. The van der Waals surface area contributed by atoms with Gasteiger partial charge in [-0.2, -0.15) is 0 Å². The number of hydrogen-bond acceptors (Lipinski definition) is 13. The van der Waals surface area contributed by atoms with E-state index in [2.05, 4.69) is 53.6 Å². The van der Waals surface area contributed by atoms with Crippen LogP contribution in [0, 0.1) is 11.8 Å². The van der Waals surface area contributed by atoms with Gasteiger partial charge in [-0.25, -0.2) is 19.9 Å². The van der Waals surface area contributed by atoms with Crippen LogP contribution in [-0.2, 0) is 45.0 Å². The summed E-state index contributed by atoms with van der Waals surface area (Å²) in [4.78, 5) is 75.9. The molecule has 0 spiro atoms. The molecule has 10 rings (SSSR count). The van der Waals surface area contributed by atoms with Crippen molar-refractivity contribution in [2.24, 2.45) is 17.6 Å². The Morgan fingerprint density at radius 1 is 0.646 bits per heavy atom. The molecule has 18 heteroatoms. The number of para-hydroxylation sites is 2. The second-order valence-electron chi connectivity index (χ2n) is 20.1. The number of Topliss-reactive ketones (excluding diaryl/α,β-unsaturated/α-hetero) is 1. The number of nitrogens with two attached hydrogens (primary N) is 1. The van der Waals surface area contributed by atoms with Crippen molar-refractivity contribution in [3.63, 3.8) is 0 Å². The average molecular weight is 1100 g/mol. The highest BCUT2D eigenvalue weighted by Crippen LogP contribution is 2.34. The van der Waals surface area contributed by atoms with Crippen LogP contribution >= 0.6 is 23.2 Å². The number of aromatic nitrogens is 6. The van der Waals surface area contributed by atoms with Gasteiger partial charge in [0, 0.05) is 115 Å². The molecule has 408 valence electrons. The van der Waals surface area contributed by atoms with Crippen LogP contribution in [0.2, 0.25) is 10.0 Å². The number of nitrogens with zero attached hydrogens (tertiary/aromatic N) is 6. The molecule has 4 atom stereocenters. The smallest absolute Gasteiger partial charge is 0.307 e. The van der Waals surface area contributed by atoms with E-state index in [4.69, 9.17) is 33.9 Å². The predicted molar refractivity (Wildman–Crippen MR) is 314 cm³/mol. The highest BCUT2D eigenvalue weighted by molar-refractivity contribution is 6.33. The predicted octanol–water partition coefficient (Wildman–Crippen LogP) is 10.0. The van der Waals surface area contributed by atoms with E-state index in [1.165, 1.54) is 12.2 Å². The van der Waals surface area contributed by atoms with Crippen molar-refractivity contribution in [3.05, 3.63) is 179 Å². The van der Waals surface area contributed by atoms with Crippen molar-refractivity contribution in [3.8, 4) is 22.5 Å². The molecular formula is C61H65Cl2N11O5. The first-order valence-electron chi connectivity index (χ1n) is 26.2. The lowest BCUT2D eigenvalue weighted by atomic mass is 9.88. The van der Waals surface area contributed by atoms with Gasteiger partial charge in [-0.15, -0.1) is 0 Å². The van der Waals surface area contributed by atoms with Crippen molar-refractivity contribution < 1.29 is 24.3 Å². The van der Waals surface area contributed by atoms with Gasteiger partial charge in [0.25, 0.3) is 0 Å². The van der Waals surface area contributed by atoms with Crippen molar-refractivity contribution in [2.75, 3.05) is 50.9 Å². The summed E-state index contributed by atoms with van der Waals surface area (Å²) in [5, 5.41) is 19.1. The number of aryl methyl sites for hydroxylation is 1. The third-order valence-electron chi connectivity index (χ3n) is 14.1. The lowest BCUT2D eigenvalue weighted by Crippen LogP contribution is -2.46. The number of nitrogens with one attached hydrogen (secondary N) is 4. The number of H-pyrrole nitrogens is 2. The van der Waals surface area contributed by atoms with Crippen LogP contribution in [0.5, 0.6) is 0 Å². The number of likely N-dealkylation sites (tertiary alicyclic amines) is 2. The summed E-state index contributed by atoms with van der Waals surface area (Å²) in [6.45, 7) is 10.3. The third kappa shape index (κ3) is 15.5. The van der Waals surface area contributed by atoms with Crippen LogP contribution in [0.4, 0.5) is 11.9 Å². The Morgan fingerprint density at radius 3 is 1.53 bits per heavy atom. The maximum absolute atomic E-state index is 13.2. The van der Waals surface area contributed by atoms with E-state index in [1.54, 1.807) is 12.4 Å². The Kier molecular flexibility index (Phi) is 19.7. The number of aliphatic carboxylic acids is 1. The molecule has 4 aromatic heterocycles. The van der Waals surface area contributed by atoms with E-state index >= 15 is 0 Å². The first kappa shape index (κ1) is 57.3. The molecule has 79 heavy (non-hydrogen) atoms. The van der Waals surface area contributed by atoms with E-state index in [0.29, 0.717) is 78.5 Å². The van der Waals surface area contributed by atoms with E-state index in [-0.39, 0.29) is 35.4 Å². The van der Waals surface area contributed by atoms with Crippen molar-refractivity contribution in [1.82, 2.24) is 39.7 Å². The van der Waals surface area contributed by atoms with E-state index in [0.717, 1.165) is 81.2 Å². The minimum atomic E-state index is -0.773. The summed E-state index contributed by atoms with van der Waals surface area (Å²) in [6.07, 6.45) is 12.9. The fourth-order valence-electron chi connectivity index (χ4n) is 10.0. The number of likely N-dealkylation sites (N-methyl/N-ethyl adjacent to an activating group) is 2. The summed E-state index contributed by atoms with van der Waals surface area (Å²) in [5.41, 5.74) is 14.7. The molecule has 6 heterocycles. The number of fused-ring (bicyclic) bond motifs is 2. The topological polar surface area (TPSA) is 228 Å². The van der Waals surface area contributed by atoms with Crippen LogP contribution in [-0.4, -0.2) is 120 Å². The standard InChI is InChI=1S/C31H32ClN5O2.C19H20ClN5O2.C11H13NO/c1-3-24(38)14-21-10-8-20(9-11-21)12-13-29(39)22-15-23(19-37(2)18-22)35-31-34-17-27(32)30(36-31)26-16-33-28-7-5-4-6-25(26)28;1-25-9-11(18(26)27)6-12(10-25)23-19-22-8-15(20)17(24-19)14-7-21-16-5-3-2-4-13(14)16;1-2-11(13)7-9-3-5-10(8-12)6-4-9/h3-11,16-17,22-23,33H,1,12-15,18-19H2,2H3,(H,34,35,36);2-5,7-8,11-12,21H,6,9-10H2,1H3,(H,26,27)(H,22,23,24);2-6H,1,7-8,12H2/t22-,23?;11-,12?;/m11./s1. The quantitative estimate of drug-likeness (QED) is 0.0440. The van der Waals surface area contributed by atoms with Crippen molar-refractivity contribution >= 4 is 80.2 Å². The lowest BCUT2D eigenvalue weighted by Gasteiger charge is -2.35. The number of ketones is 3. The van der Waals surface area contributed by atoms with E-state index in [1.807, 2.05) is 128 Å². The number of carbonyl (C=O) groups is 4. The number of hydrogen-bond donors (Lipinski definition) is 6. The summed E-state index contributed by atoms with van der Waals surface area (Å²) >= 11 is 12.9. The maximum Gasteiger partial charge on any atom is 0.307 e. The second-order valence-corrected chi connectivity index (χ2v) is 20.9. The number of carbonyl (C=O) groups excluding carboxylic acids is 3. The Labute approximate surface area is 469 Å². The fraction of sp³-hybridized carbons (Fsp3) is 0.279. The van der Waals surface area contributed by atoms with Gasteiger partial charge in [-0.05, 0) is 79.9 Å². The minimum Gasteiger partial charge on any atom is -0.481 e. The number of carboxylic acid groups (broad SMARTS) is 1. The monoisotopic (exact) mass is 1100 g/mol. The van der Waals surface area contributed by atoms with Crippen molar-refractivity contribution in [2.45, 2.75) is 57.2 Å². The van der Waals surface area contributed by atoms with Gasteiger partial charge >= 0.3 is 5.97 Å². The largest absolute Gasteiger partial charge is 0.481 e. The number of benzene rings is 4. The summed E-state index contributed by atoms with van der Waals surface area (Å²) < 4.78 is 0. The molecule has 0 saturated carbocycles. The van der Waals surface area contributed by atoms with Gasteiger partial charge in [0.1, 0.15) is 5.78 Å². The minimum absolute atomic E-state index is 0.000647. The fourth-order valence-corrected chi connectivity index (χ4v) is 10.4. The number of allylic oxidation sites excluding steroid dienone is 2. The molecular weight excluding hydrogens is 1040 g/mol. The SMILES string of the molecule is C=CC(=O)Cc1ccc(CCC(=O)[C@@H]2CC(Nc3ncc(Cl)c(-c4c[nH]c5ccccc45)n3)CN(C)C2)cc1.C=CC(=O)Cc1ccc(CN)cc1.CN1CC(Nc2ncc(Cl)c(-c3c[nH]c4ccccc34)n2)C[C@@H](C(=O)O)C1. The Bertz CT molecular complexity index is 3440. The zero-order valence-corrected chi connectivity index (χ0v) is 45.8. The highest BCUT2D eigenvalue weighted by Gasteiger charge is 2.32. The molecule has 7 N–H and O–H groups in total. The Hall–Kier alpha value is -7.86. The van der Waals surface area contributed by atoms with Crippen molar-refractivity contribution in [1.29, 1.82) is 0 Å². The first-order valence-corrected chi connectivity index (χ1v) is 26.9.